The summed E-state index contributed by atoms with van der Waals surface area (Å²) in [5, 5.41) is 0. The molecule has 0 aliphatic rings. The van der Waals surface area contributed by atoms with Crippen molar-refractivity contribution in [1.82, 2.24) is 0 Å². The Kier molecular flexibility index (Phi) is 4.15. The van der Waals surface area contributed by atoms with Crippen LogP contribution in [0, 0.1) is 0 Å². The first-order chi connectivity index (χ1) is 8.72. The number of carbonyl (C=O) groups excluding carboxylic acids is 1. The van der Waals surface area contributed by atoms with E-state index in [1.807, 2.05) is 24.3 Å². The monoisotopic (exact) mass is 304 g/mol. The van der Waals surface area contributed by atoms with E-state index in [0.717, 1.165) is 22.9 Å². The van der Waals surface area contributed by atoms with Crippen molar-refractivity contribution in [3.05, 3.63) is 58.1 Å². The van der Waals surface area contributed by atoms with Gasteiger partial charge >= 0.3 is 0 Å². The second-order valence-electron chi connectivity index (χ2n) is 3.90. The second kappa shape index (κ2) is 5.83. The number of aldehydes is 1. The van der Waals surface area contributed by atoms with Crippen molar-refractivity contribution in [2.75, 3.05) is 0 Å². The second-order valence-corrected chi connectivity index (χ2v) is 4.82. The topological polar surface area (TPSA) is 26.3 Å². The van der Waals surface area contributed by atoms with Gasteiger partial charge in [-0.25, -0.2) is 0 Å². The summed E-state index contributed by atoms with van der Waals surface area (Å²) in [6, 6.07) is 13.2. The Balaban J connectivity index is 2.32. The van der Waals surface area contributed by atoms with E-state index in [4.69, 9.17) is 4.74 Å². The molecule has 0 radical (unpaired) electrons. The standard InChI is InChI=1S/C15H13BrO2/c1-2-11-4-3-5-14(8-11)18-15-9-13(16)7-6-12(15)10-17/h3-10H,2H2,1H3. The van der Waals surface area contributed by atoms with Crippen LogP contribution in [0.2, 0.25) is 0 Å². The minimum absolute atomic E-state index is 0.542. The molecule has 0 heterocycles. The fourth-order valence-corrected chi connectivity index (χ4v) is 1.99. The summed E-state index contributed by atoms with van der Waals surface area (Å²) in [6.45, 7) is 2.09. The Bertz CT molecular complexity index is 564. The summed E-state index contributed by atoms with van der Waals surface area (Å²) in [6.07, 6.45) is 1.75. The number of rotatable bonds is 4. The summed E-state index contributed by atoms with van der Waals surface area (Å²) in [5.74, 6) is 1.31. The molecule has 0 saturated heterocycles. The van der Waals surface area contributed by atoms with Crippen LogP contribution in [-0.4, -0.2) is 6.29 Å². The van der Waals surface area contributed by atoms with Crippen LogP contribution in [0.15, 0.2) is 46.9 Å². The smallest absolute Gasteiger partial charge is 0.153 e. The molecule has 0 aliphatic carbocycles. The maximum atomic E-state index is 11.0. The third-order valence-corrected chi connectivity index (χ3v) is 3.13. The number of hydrogen-bond acceptors (Lipinski definition) is 2. The summed E-state index contributed by atoms with van der Waals surface area (Å²) < 4.78 is 6.65. The fraction of sp³-hybridized carbons (Fsp3) is 0.133. The molecule has 92 valence electrons. The lowest BCUT2D eigenvalue weighted by Crippen LogP contribution is -1.91. The Hall–Kier alpha value is -1.61. The zero-order chi connectivity index (χ0) is 13.0. The summed E-state index contributed by atoms with van der Waals surface area (Å²) >= 11 is 3.37. The van der Waals surface area contributed by atoms with Gasteiger partial charge in [0, 0.05) is 4.47 Å². The molecule has 2 aromatic rings. The highest BCUT2D eigenvalue weighted by molar-refractivity contribution is 9.10. The molecule has 18 heavy (non-hydrogen) atoms. The zero-order valence-corrected chi connectivity index (χ0v) is 11.6. The first-order valence-corrected chi connectivity index (χ1v) is 6.53. The molecule has 0 aliphatic heterocycles. The molecule has 0 bridgehead atoms. The molecular weight excluding hydrogens is 292 g/mol. The Morgan fingerprint density at radius 2 is 2.06 bits per heavy atom. The quantitative estimate of drug-likeness (QED) is 0.771. The zero-order valence-electron chi connectivity index (χ0n) is 10.0. The number of carbonyl (C=O) groups is 1. The van der Waals surface area contributed by atoms with Gasteiger partial charge in [-0.3, -0.25) is 4.79 Å². The van der Waals surface area contributed by atoms with Crippen LogP contribution in [-0.2, 0) is 6.42 Å². The molecule has 0 atom stereocenters. The molecule has 0 saturated carbocycles. The van der Waals surface area contributed by atoms with Crippen molar-refractivity contribution in [1.29, 1.82) is 0 Å². The number of ether oxygens (including phenoxy) is 1. The average molecular weight is 305 g/mol. The van der Waals surface area contributed by atoms with E-state index >= 15 is 0 Å². The third-order valence-electron chi connectivity index (χ3n) is 2.64. The van der Waals surface area contributed by atoms with Crippen LogP contribution in [0.25, 0.3) is 0 Å². The van der Waals surface area contributed by atoms with Gasteiger partial charge in [-0.1, -0.05) is 35.0 Å². The SMILES string of the molecule is CCc1cccc(Oc2cc(Br)ccc2C=O)c1. The van der Waals surface area contributed by atoms with Crippen LogP contribution in [0.3, 0.4) is 0 Å². The Labute approximate surface area is 115 Å². The van der Waals surface area contributed by atoms with Gasteiger partial charge in [-0.15, -0.1) is 0 Å². The average Bonchev–Trinajstić information content (AvgIpc) is 2.39. The molecule has 2 aromatic carbocycles. The van der Waals surface area contributed by atoms with Gasteiger partial charge < -0.3 is 4.74 Å². The Morgan fingerprint density at radius 1 is 1.22 bits per heavy atom. The lowest BCUT2D eigenvalue weighted by atomic mass is 10.1. The predicted octanol–water partition coefficient (Wildman–Crippen LogP) is 4.62. The summed E-state index contributed by atoms with van der Waals surface area (Å²) in [4.78, 5) is 11.0. The number of aryl methyl sites for hydroxylation is 1. The molecule has 0 aromatic heterocycles. The molecule has 3 heteroatoms. The lowest BCUT2D eigenvalue weighted by Gasteiger charge is -2.09. The van der Waals surface area contributed by atoms with Crippen molar-refractivity contribution in [3.63, 3.8) is 0 Å². The van der Waals surface area contributed by atoms with Crippen LogP contribution >= 0.6 is 15.9 Å². The van der Waals surface area contributed by atoms with Crippen LogP contribution in [0.1, 0.15) is 22.8 Å². The maximum Gasteiger partial charge on any atom is 0.153 e. The van der Waals surface area contributed by atoms with Gasteiger partial charge in [0.05, 0.1) is 5.56 Å². The normalized spacial score (nSPS) is 10.1. The van der Waals surface area contributed by atoms with Gasteiger partial charge in [0.25, 0.3) is 0 Å². The molecule has 0 amide bonds. The molecule has 0 spiro atoms. The molecule has 0 N–H and O–H groups in total. The van der Waals surface area contributed by atoms with E-state index in [1.54, 1.807) is 12.1 Å². The van der Waals surface area contributed by atoms with Crippen molar-refractivity contribution in [2.45, 2.75) is 13.3 Å². The molecule has 0 fully saturated rings. The van der Waals surface area contributed by atoms with Crippen molar-refractivity contribution >= 4 is 22.2 Å². The van der Waals surface area contributed by atoms with E-state index < -0.39 is 0 Å². The number of benzene rings is 2. The predicted molar refractivity (Wildman–Crippen MR) is 75.4 cm³/mol. The lowest BCUT2D eigenvalue weighted by molar-refractivity contribution is 0.112. The van der Waals surface area contributed by atoms with Gasteiger partial charge in [-0.05, 0) is 42.3 Å². The summed E-state index contributed by atoms with van der Waals surface area (Å²) in [7, 11) is 0. The van der Waals surface area contributed by atoms with E-state index in [0.29, 0.717) is 11.3 Å². The molecule has 0 unspecified atom stereocenters. The minimum atomic E-state index is 0.542. The van der Waals surface area contributed by atoms with E-state index in [2.05, 4.69) is 28.9 Å². The van der Waals surface area contributed by atoms with E-state index in [9.17, 15) is 4.79 Å². The van der Waals surface area contributed by atoms with Gasteiger partial charge in [-0.2, -0.15) is 0 Å². The van der Waals surface area contributed by atoms with E-state index in [1.165, 1.54) is 5.56 Å². The van der Waals surface area contributed by atoms with E-state index in [-0.39, 0.29) is 0 Å². The van der Waals surface area contributed by atoms with Crippen molar-refractivity contribution < 1.29 is 9.53 Å². The van der Waals surface area contributed by atoms with Gasteiger partial charge in [0.1, 0.15) is 11.5 Å². The highest BCUT2D eigenvalue weighted by atomic mass is 79.9. The number of hydrogen-bond donors (Lipinski definition) is 0. The molecule has 2 nitrogen and oxygen atoms in total. The van der Waals surface area contributed by atoms with Crippen LogP contribution < -0.4 is 4.74 Å². The first kappa shape index (κ1) is 12.8. The third kappa shape index (κ3) is 2.99. The molecule has 2 rings (SSSR count). The Morgan fingerprint density at radius 3 is 2.78 bits per heavy atom. The van der Waals surface area contributed by atoms with Crippen molar-refractivity contribution in [2.24, 2.45) is 0 Å². The largest absolute Gasteiger partial charge is 0.457 e. The fourth-order valence-electron chi connectivity index (χ4n) is 1.65. The number of halogens is 1. The van der Waals surface area contributed by atoms with Crippen molar-refractivity contribution in [3.8, 4) is 11.5 Å². The summed E-state index contributed by atoms with van der Waals surface area (Å²) in [5.41, 5.74) is 1.75. The minimum Gasteiger partial charge on any atom is -0.457 e. The first-order valence-electron chi connectivity index (χ1n) is 5.74. The molecular formula is C15H13BrO2. The highest BCUT2D eigenvalue weighted by Gasteiger charge is 2.05. The van der Waals surface area contributed by atoms with Crippen LogP contribution in [0.5, 0.6) is 11.5 Å². The van der Waals surface area contributed by atoms with Gasteiger partial charge in [0.15, 0.2) is 6.29 Å². The maximum absolute atomic E-state index is 11.0. The van der Waals surface area contributed by atoms with Crippen LogP contribution in [0.4, 0.5) is 0 Å². The van der Waals surface area contributed by atoms with Gasteiger partial charge in [0.2, 0.25) is 0 Å². The highest BCUT2D eigenvalue weighted by Crippen LogP contribution is 2.28.